The van der Waals surface area contributed by atoms with Gasteiger partial charge in [0, 0.05) is 31.4 Å². The van der Waals surface area contributed by atoms with Gasteiger partial charge in [0.2, 0.25) is 0 Å². The Morgan fingerprint density at radius 2 is 1.89 bits per heavy atom. The predicted molar refractivity (Wildman–Crippen MR) is 80.3 cm³/mol. The van der Waals surface area contributed by atoms with E-state index in [1.807, 2.05) is 25.1 Å². The summed E-state index contributed by atoms with van der Waals surface area (Å²) in [4.78, 5) is 12.7. The molecule has 0 spiro atoms. The Bertz CT molecular complexity index is 518. The molecule has 2 N–H and O–H groups in total. The highest BCUT2D eigenvalue weighted by molar-refractivity contribution is 9.10. The Kier molecular flexibility index (Phi) is 5.09. The van der Waals surface area contributed by atoms with Gasteiger partial charge in [-0.3, -0.25) is 4.98 Å². The van der Waals surface area contributed by atoms with Crippen molar-refractivity contribution in [2.24, 2.45) is 0 Å². The molecule has 0 aliphatic carbocycles. The van der Waals surface area contributed by atoms with Crippen LogP contribution in [0.4, 0.5) is 11.6 Å². The standard InChI is InChI=1S/C13H16BrN5/c1-2-15-12-11(14)13(19-9-18-12)17-8-6-10-5-3-4-7-16-10/h3-5,7,9H,2,6,8H2,1H3,(H2,15,17,18,19). The largest absolute Gasteiger partial charge is 0.369 e. The molecule has 2 rings (SSSR count). The van der Waals surface area contributed by atoms with E-state index in [0.29, 0.717) is 0 Å². The van der Waals surface area contributed by atoms with Crippen molar-refractivity contribution in [3.8, 4) is 0 Å². The molecule has 0 radical (unpaired) electrons. The molecule has 0 saturated heterocycles. The third-order valence-electron chi connectivity index (χ3n) is 2.53. The zero-order valence-electron chi connectivity index (χ0n) is 10.7. The Morgan fingerprint density at radius 3 is 2.58 bits per heavy atom. The van der Waals surface area contributed by atoms with Crippen molar-refractivity contribution in [1.82, 2.24) is 15.0 Å². The number of rotatable bonds is 6. The first-order valence-electron chi connectivity index (χ1n) is 6.19. The molecule has 0 fully saturated rings. The lowest BCUT2D eigenvalue weighted by molar-refractivity contribution is 0.948. The minimum absolute atomic E-state index is 0.776. The minimum Gasteiger partial charge on any atom is -0.369 e. The molecule has 0 unspecified atom stereocenters. The van der Waals surface area contributed by atoms with Crippen molar-refractivity contribution < 1.29 is 0 Å². The van der Waals surface area contributed by atoms with Crippen LogP contribution in [0.1, 0.15) is 12.6 Å². The molecule has 6 heteroatoms. The summed E-state index contributed by atoms with van der Waals surface area (Å²) >= 11 is 3.50. The number of hydrogen-bond donors (Lipinski definition) is 2. The fourth-order valence-corrected chi connectivity index (χ4v) is 2.12. The van der Waals surface area contributed by atoms with Gasteiger partial charge in [0.05, 0.1) is 0 Å². The summed E-state index contributed by atoms with van der Waals surface area (Å²) in [6, 6.07) is 5.92. The first-order valence-corrected chi connectivity index (χ1v) is 6.98. The molecule has 2 aromatic rings. The fraction of sp³-hybridized carbons (Fsp3) is 0.308. The fourth-order valence-electron chi connectivity index (χ4n) is 1.64. The van der Waals surface area contributed by atoms with E-state index in [0.717, 1.165) is 41.3 Å². The van der Waals surface area contributed by atoms with Crippen LogP contribution in [-0.2, 0) is 6.42 Å². The van der Waals surface area contributed by atoms with Crippen LogP contribution in [0.15, 0.2) is 35.2 Å². The van der Waals surface area contributed by atoms with Gasteiger partial charge in [-0.05, 0) is 35.0 Å². The van der Waals surface area contributed by atoms with Crippen molar-refractivity contribution in [1.29, 1.82) is 0 Å². The van der Waals surface area contributed by atoms with Gasteiger partial charge in [-0.2, -0.15) is 0 Å². The lowest BCUT2D eigenvalue weighted by atomic mass is 10.3. The van der Waals surface area contributed by atoms with E-state index in [1.165, 1.54) is 0 Å². The summed E-state index contributed by atoms with van der Waals surface area (Å²) in [5, 5.41) is 6.46. The van der Waals surface area contributed by atoms with Crippen molar-refractivity contribution in [2.45, 2.75) is 13.3 Å². The van der Waals surface area contributed by atoms with Gasteiger partial charge in [0.1, 0.15) is 22.4 Å². The lowest BCUT2D eigenvalue weighted by Crippen LogP contribution is -2.09. The highest BCUT2D eigenvalue weighted by atomic mass is 79.9. The van der Waals surface area contributed by atoms with E-state index in [9.17, 15) is 0 Å². The summed E-state index contributed by atoms with van der Waals surface area (Å²) in [6.45, 7) is 3.63. The first-order chi connectivity index (χ1) is 9.31. The Morgan fingerprint density at radius 1 is 1.11 bits per heavy atom. The van der Waals surface area contributed by atoms with Crippen LogP contribution >= 0.6 is 15.9 Å². The molecule has 5 nitrogen and oxygen atoms in total. The number of pyridine rings is 1. The molecular weight excluding hydrogens is 306 g/mol. The zero-order valence-corrected chi connectivity index (χ0v) is 12.3. The minimum atomic E-state index is 0.776. The van der Waals surface area contributed by atoms with E-state index < -0.39 is 0 Å². The van der Waals surface area contributed by atoms with Crippen LogP contribution in [0.3, 0.4) is 0 Å². The maximum atomic E-state index is 4.28. The molecule has 2 aromatic heterocycles. The van der Waals surface area contributed by atoms with Crippen LogP contribution in [-0.4, -0.2) is 28.0 Å². The van der Waals surface area contributed by atoms with Crippen LogP contribution in [0, 0.1) is 0 Å². The average molecular weight is 322 g/mol. The molecule has 19 heavy (non-hydrogen) atoms. The third kappa shape index (κ3) is 3.89. The second-order valence-electron chi connectivity index (χ2n) is 3.91. The topological polar surface area (TPSA) is 62.7 Å². The highest BCUT2D eigenvalue weighted by Gasteiger charge is 2.07. The van der Waals surface area contributed by atoms with Crippen molar-refractivity contribution in [3.63, 3.8) is 0 Å². The average Bonchev–Trinajstić information content (AvgIpc) is 2.44. The smallest absolute Gasteiger partial charge is 0.145 e. The monoisotopic (exact) mass is 321 g/mol. The van der Waals surface area contributed by atoms with Crippen LogP contribution in [0.2, 0.25) is 0 Å². The van der Waals surface area contributed by atoms with Gasteiger partial charge in [-0.1, -0.05) is 6.07 Å². The van der Waals surface area contributed by atoms with E-state index in [2.05, 4.69) is 41.5 Å². The summed E-state index contributed by atoms with van der Waals surface area (Å²) in [5.41, 5.74) is 1.06. The molecule has 0 saturated carbocycles. The quantitative estimate of drug-likeness (QED) is 0.856. The summed E-state index contributed by atoms with van der Waals surface area (Å²) in [7, 11) is 0. The molecule has 100 valence electrons. The lowest BCUT2D eigenvalue weighted by Gasteiger charge is -2.10. The third-order valence-corrected chi connectivity index (χ3v) is 3.28. The SMILES string of the molecule is CCNc1ncnc(NCCc2ccccn2)c1Br. The normalized spacial score (nSPS) is 10.2. The van der Waals surface area contributed by atoms with Gasteiger partial charge in [-0.25, -0.2) is 9.97 Å². The maximum Gasteiger partial charge on any atom is 0.145 e. The van der Waals surface area contributed by atoms with Gasteiger partial charge in [-0.15, -0.1) is 0 Å². The molecule has 0 aliphatic heterocycles. The van der Waals surface area contributed by atoms with Crippen LogP contribution < -0.4 is 10.6 Å². The van der Waals surface area contributed by atoms with Crippen LogP contribution in [0.5, 0.6) is 0 Å². The number of anilines is 2. The van der Waals surface area contributed by atoms with Gasteiger partial charge in [0.25, 0.3) is 0 Å². The molecule has 0 amide bonds. The van der Waals surface area contributed by atoms with E-state index in [-0.39, 0.29) is 0 Å². The summed E-state index contributed by atoms with van der Waals surface area (Å²) in [5.74, 6) is 1.60. The summed E-state index contributed by atoms with van der Waals surface area (Å²) in [6.07, 6.45) is 4.21. The van der Waals surface area contributed by atoms with Gasteiger partial charge in [0.15, 0.2) is 0 Å². The Hall–Kier alpha value is -1.69. The Balaban J connectivity index is 1.94. The van der Waals surface area contributed by atoms with E-state index >= 15 is 0 Å². The first kappa shape index (κ1) is 13.7. The molecule has 2 heterocycles. The van der Waals surface area contributed by atoms with Gasteiger partial charge >= 0.3 is 0 Å². The predicted octanol–water partition coefficient (Wildman–Crippen LogP) is 2.72. The second-order valence-corrected chi connectivity index (χ2v) is 4.71. The number of aromatic nitrogens is 3. The zero-order chi connectivity index (χ0) is 13.5. The van der Waals surface area contributed by atoms with E-state index in [4.69, 9.17) is 0 Å². The number of hydrogen-bond acceptors (Lipinski definition) is 5. The Labute approximate surface area is 121 Å². The maximum absolute atomic E-state index is 4.28. The molecule has 0 aliphatic rings. The van der Waals surface area contributed by atoms with Crippen molar-refractivity contribution in [2.75, 3.05) is 23.7 Å². The highest BCUT2D eigenvalue weighted by Crippen LogP contribution is 2.26. The number of nitrogens with one attached hydrogen (secondary N) is 2. The molecule has 0 aromatic carbocycles. The molecule has 0 bridgehead atoms. The van der Waals surface area contributed by atoms with E-state index in [1.54, 1.807) is 12.5 Å². The summed E-state index contributed by atoms with van der Waals surface area (Å²) < 4.78 is 0.859. The number of halogens is 1. The van der Waals surface area contributed by atoms with Gasteiger partial charge < -0.3 is 10.6 Å². The van der Waals surface area contributed by atoms with Crippen molar-refractivity contribution in [3.05, 3.63) is 40.9 Å². The second kappa shape index (κ2) is 7.04. The molecular formula is C13H16BrN5. The number of nitrogens with zero attached hydrogens (tertiary/aromatic N) is 3. The van der Waals surface area contributed by atoms with Crippen LogP contribution in [0.25, 0.3) is 0 Å². The molecule has 0 atom stereocenters. The van der Waals surface area contributed by atoms with Crippen molar-refractivity contribution >= 4 is 27.6 Å².